The molecule has 1 N–H and O–H groups in total. The fourth-order valence-corrected chi connectivity index (χ4v) is 2.80. The lowest BCUT2D eigenvalue weighted by Crippen LogP contribution is -2.49. The molecule has 3 heteroatoms. The van der Waals surface area contributed by atoms with Crippen molar-refractivity contribution >= 4 is 11.8 Å². The van der Waals surface area contributed by atoms with Crippen molar-refractivity contribution in [3.8, 4) is 0 Å². The summed E-state index contributed by atoms with van der Waals surface area (Å²) in [6.07, 6.45) is 1.22. The molecule has 1 aromatic rings. The van der Waals surface area contributed by atoms with Crippen LogP contribution in [0.5, 0.6) is 0 Å². The molecule has 1 fully saturated rings. The molecule has 3 nitrogen and oxygen atoms in total. The molecule has 0 saturated carbocycles. The Hall–Kier alpha value is -1.64. The van der Waals surface area contributed by atoms with Crippen LogP contribution in [0.2, 0.25) is 0 Å². The third-order valence-corrected chi connectivity index (χ3v) is 4.09. The van der Waals surface area contributed by atoms with Gasteiger partial charge in [0.15, 0.2) is 0 Å². The van der Waals surface area contributed by atoms with E-state index in [9.17, 15) is 9.59 Å². The maximum atomic E-state index is 12.2. The van der Waals surface area contributed by atoms with Gasteiger partial charge < -0.3 is 0 Å². The maximum Gasteiger partial charge on any atom is 0.234 e. The highest BCUT2D eigenvalue weighted by molar-refractivity contribution is 6.02. The third-order valence-electron chi connectivity index (χ3n) is 4.09. The first-order valence-electron chi connectivity index (χ1n) is 6.37. The fraction of sp³-hybridized carbons (Fsp3) is 0.467. The van der Waals surface area contributed by atoms with Crippen LogP contribution in [0, 0.1) is 12.3 Å². The van der Waals surface area contributed by atoms with Gasteiger partial charge in [-0.05, 0) is 29.9 Å². The summed E-state index contributed by atoms with van der Waals surface area (Å²) in [4.78, 5) is 23.8. The lowest BCUT2D eigenvalue weighted by molar-refractivity contribution is -0.139. The normalized spacial score (nSPS) is 28.1. The second-order valence-corrected chi connectivity index (χ2v) is 5.39. The third kappa shape index (κ3) is 2.05. The van der Waals surface area contributed by atoms with Crippen LogP contribution >= 0.6 is 0 Å². The molecular weight excluding hydrogens is 226 g/mol. The topological polar surface area (TPSA) is 46.2 Å². The van der Waals surface area contributed by atoms with Crippen molar-refractivity contribution in [1.29, 1.82) is 0 Å². The minimum atomic E-state index is -0.286. The lowest BCUT2D eigenvalue weighted by Gasteiger charge is -2.40. The molecule has 96 valence electrons. The molecule has 1 aliphatic heterocycles. The zero-order valence-electron chi connectivity index (χ0n) is 11.1. The van der Waals surface area contributed by atoms with E-state index in [0.717, 1.165) is 17.5 Å². The first-order chi connectivity index (χ1) is 8.48. The Morgan fingerprint density at radius 3 is 2.61 bits per heavy atom. The minimum absolute atomic E-state index is 0.158. The van der Waals surface area contributed by atoms with E-state index in [1.165, 1.54) is 0 Å². The smallest absolute Gasteiger partial charge is 0.234 e. The standard InChI is InChI=1S/C15H19NO2/c1-4-15(3)9-12(17)16-14(18)13(15)11-8-6-5-7-10(11)2/h5-8,13H,4,9H2,1-3H3,(H,16,17,18). The van der Waals surface area contributed by atoms with Crippen LogP contribution in [0.25, 0.3) is 0 Å². The van der Waals surface area contributed by atoms with Crippen molar-refractivity contribution < 1.29 is 9.59 Å². The maximum absolute atomic E-state index is 12.2. The van der Waals surface area contributed by atoms with Gasteiger partial charge >= 0.3 is 0 Å². The monoisotopic (exact) mass is 245 g/mol. The van der Waals surface area contributed by atoms with Gasteiger partial charge in [-0.15, -0.1) is 0 Å². The molecule has 1 saturated heterocycles. The van der Waals surface area contributed by atoms with Crippen molar-refractivity contribution in [3.63, 3.8) is 0 Å². The van der Waals surface area contributed by atoms with E-state index in [2.05, 4.69) is 5.32 Å². The number of nitrogens with one attached hydrogen (secondary N) is 1. The molecule has 1 aromatic carbocycles. The Morgan fingerprint density at radius 2 is 2.00 bits per heavy atom. The molecule has 0 radical (unpaired) electrons. The van der Waals surface area contributed by atoms with E-state index < -0.39 is 0 Å². The average Bonchev–Trinajstić information content (AvgIpc) is 2.30. The molecule has 0 spiro atoms. The van der Waals surface area contributed by atoms with Crippen molar-refractivity contribution in [3.05, 3.63) is 35.4 Å². The summed E-state index contributed by atoms with van der Waals surface area (Å²) in [5.74, 6) is -0.555. The van der Waals surface area contributed by atoms with Crippen LogP contribution in [-0.4, -0.2) is 11.8 Å². The van der Waals surface area contributed by atoms with Crippen LogP contribution in [0.3, 0.4) is 0 Å². The number of imide groups is 1. The molecule has 2 rings (SSSR count). The van der Waals surface area contributed by atoms with Crippen LogP contribution in [0.4, 0.5) is 0 Å². The molecule has 0 bridgehead atoms. The van der Waals surface area contributed by atoms with Gasteiger partial charge in [0.2, 0.25) is 11.8 Å². The van der Waals surface area contributed by atoms with E-state index in [1.807, 2.05) is 45.0 Å². The Kier molecular flexibility index (Phi) is 3.24. The summed E-state index contributed by atoms with van der Waals surface area (Å²) in [5, 5.41) is 2.47. The first-order valence-corrected chi connectivity index (χ1v) is 6.37. The second-order valence-electron chi connectivity index (χ2n) is 5.39. The minimum Gasteiger partial charge on any atom is -0.296 e. The number of carbonyl (C=O) groups is 2. The van der Waals surface area contributed by atoms with Crippen molar-refractivity contribution in [2.45, 2.75) is 39.5 Å². The van der Waals surface area contributed by atoms with Gasteiger partial charge in [0.05, 0.1) is 5.92 Å². The van der Waals surface area contributed by atoms with E-state index in [0.29, 0.717) is 6.42 Å². The van der Waals surface area contributed by atoms with E-state index in [1.54, 1.807) is 0 Å². The van der Waals surface area contributed by atoms with E-state index in [-0.39, 0.29) is 23.1 Å². The summed E-state index contributed by atoms with van der Waals surface area (Å²) in [5.41, 5.74) is 1.85. The number of amides is 2. The molecule has 0 aliphatic carbocycles. The molecule has 18 heavy (non-hydrogen) atoms. The molecule has 2 unspecified atom stereocenters. The molecule has 0 aromatic heterocycles. The average molecular weight is 245 g/mol. The Bertz CT molecular complexity index is 495. The number of piperidine rings is 1. The number of rotatable bonds is 2. The number of carbonyl (C=O) groups excluding carboxylic acids is 2. The van der Waals surface area contributed by atoms with E-state index in [4.69, 9.17) is 0 Å². The van der Waals surface area contributed by atoms with Crippen LogP contribution in [0.1, 0.15) is 43.7 Å². The highest BCUT2D eigenvalue weighted by Crippen LogP contribution is 2.44. The van der Waals surface area contributed by atoms with Gasteiger partial charge in [-0.2, -0.15) is 0 Å². The van der Waals surface area contributed by atoms with E-state index >= 15 is 0 Å². The van der Waals surface area contributed by atoms with Gasteiger partial charge in [-0.1, -0.05) is 38.1 Å². The van der Waals surface area contributed by atoms with Crippen LogP contribution in [0.15, 0.2) is 24.3 Å². The van der Waals surface area contributed by atoms with Gasteiger partial charge in [-0.25, -0.2) is 0 Å². The van der Waals surface area contributed by atoms with Crippen molar-refractivity contribution in [1.82, 2.24) is 5.32 Å². The summed E-state index contributed by atoms with van der Waals surface area (Å²) in [7, 11) is 0. The fourth-order valence-electron chi connectivity index (χ4n) is 2.80. The van der Waals surface area contributed by atoms with Crippen LogP contribution in [-0.2, 0) is 9.59 Å². The SMILES string of the molecule is CCC1(C)CC(=O)NC(=O)C1c1ccccc1C. The Morgan fingerprint density at radius 1 is 1.33 bits per heavy atom. The number of benzene rings is 1. The van der Waals surface area contributed by atoms with Crippen molar-refractivity contribution in [2.75, 3.05) is 0 Å². The Balaban J connectivity index is 2.49. The zero-order valence-corrected chi connectivity index (χ0v) is 11.1. The predicted octanol–water partition coefficient (Wildman–Crippen LogP) is 2.54. The summed E-state index contributed by atoms with van der Waals surface area (Å²) < 4.78 is 0. The predicted molar refractivity (Wildman–Crippen MR) is 70.1 cm³/mol. The first kappa shape index (κ1) is 12.8. The molecule has 2 amide bonds. The quantitative estimate of drug-likeness (QED) is 0.814. The highest BCUT2D eigenvalue weighted by Gasteiger charge is 2.45. The number of hydrogen-bond acceptors (Lipinski definition) is 2. The molecular formula is C15H19NO2. The van der Waals surface area contributed by atoms with Gasteiger partial charge in [-0.3, -0.25) is 14.9 Å². The van der Waals surface area contributed by atoms with Crippen molar-refractivity contribution in [2.24, 2.45) is 5.41 Å². The zero-order chi connectivity index (χ0) is 13.3. The number of hydrogen-bond donors (Lipinski definition) is 1. The summed E-state index contributed by atoms with van der Waals surface area (Å²) >= 11 is 0. The molecule has 1 aliphatic rings. The molecule has 1 heterocycles. The highest BCUT2D eigenvalue weighted by atomic mass is 16.2. The molecule has 2 atom stereocenters. The number of aryl methyl sites for hydroxylation is 1. The summed E-state index contributed by atoms with van der Waals surface area (Å²) in [6.45, 7) is 6.08. The van der Waals surface area contributed by atoms with Crippen LogP contribution < -0.4 is 5.32 Å². The lowest BCUT2D eigenvalue weighted by atomic mass is 9.66. The van der Waals surface area contributed by atoms with Gasteiger partial charge in [0.25, 0.3) is 0 Å². The summed E-state index contributed by atoms with van der Waals surface area (Å²) in [6, 6.07) is 7.91. The Labute approximate surface area is 108 Å². The largest absolute Gasteiger partial charge is 0.296 e. The van der Waals surface area contributed by atoms with Gasteiger partial charge in [0.1, 0.15) is 0 Å². The second kappa shape index (κ2) is 4.56. The van der Waals surface area contributed by atoms with Gasteiger partial charge in [0, 0.05) is 6.42 Å².